The van der Waals surface area contributed by atoms with Gasteiger partial charge < -0.3 is 19.5 Å². The summed E-state index contributed by atoms with van der Waals surface area (Å²) in [6.07, 6.45) is 3.44. The molecule has 2 atom stereocenters. The Morgan fingerprint density at radius 2 is 2.17 bits per heavy atom. The number of aromatic hydroxyl groups is 1. The van der Waals surface area contributed by atoms with Gasteiger partial charge in [0.15, 0.2) is 0 Å². The zero-order valence-corrected chi connectivity index (χ0v) is 14.7. The molecule has 1 aromatic rings. The fourth-order valence-corrected chi connectivity index (χ4v) is 3.65. The van der Waals surface area contributed by atoms with Crippen molar-refractivity contribution in [2.45, 2.75) is 63.8 Å². The molecule has 0 bridgehead atoms. The summed E-state index contributed by atoms with van der Waals surface area (Å²) in [6, 6.07) is 7.25. The first-order valence-electron chi connectivity index (χ1n) is 8.71. The summed E-state index contributed by atoms with van der Waals surface area (Å²) in [4.78, 5) is 14.1. The number of rotatable bonds is 1. The molecule has 5 nitrogen and oxygen atoms in total. The number of carbonyl (C=O) groups excluding carboxylic acids is 1. The van der Waals surface area contributed by atoms with E-state index in [2.05, 4.69) is 0 Å². The van der Waals surface area contributed by atoms with Crippen LogP contribution in [0.25, 0.3) is 0 Å². The molecular weight excluding hydrogens is 306 g/mol. The van der Waals surface area contributed by atoms with Gasteiger partial charge in [-0.15, -0.1) is 0 Å². The van der Waals surface area contributed by atoms with Crippen molar-refractivity contribution >= 4 is 6.09 Å². The summed E-state index contributed by atoms with van der Waals surface area (Å²) in [7, 11) is 0. The van der Waals surface area contributed by atoms with Crippen molar-refractivity contribution in [2.24, 2.45) is 0 Å². The molecule has 0 unspecified atom stereocenters. The van der Waals surface area contributed by atoms with Crippen molar-refractivity contribution in [3.63, 3.8) is 0 Å². The van der Waals surface area contributed by atoms with E-state index in [0.717, 1.165) is 37.8 Å². The van der Waals surface area contributed by atoms with Crippen molar-refractivity contribution in [1.82, 2.24) is 4.90 Å². The van der Waals surface area contributed by atoms with E-state index in [-0.39, 0.29) is 23.5 Å². The van der Waals surface area contributed by atoms with Crippen LogP contribution >= 0.6 is 0 Å². The van der Waals surface area contributed by atoms with Gasteiger partial charge in [0.2, 0.25) is 0 Å². The van der Waals surface area contributed by atoms with Gasteiger partial charge in [-0.05, 0) is 64.2 Å². The van der Waals surface area contributed by atoms with E-state index in [1.54, 1.807) is 17.0 Å². The zero-order valence-electron chi connectivity index (χ0n) is 14.7. The first-order chi connectivity index (χ1) is 11.3. The van der Waals surface area contributed by atoms with Gasteiger partial charge in [-0.1, -0.05) is 12.1 Å². The highest BCUT2D eigenvalue weighted by Crippen LogP contribution is 2.44. The standard InChI is InChI=1S/C19H27NO4/c1-18(2,3)24-17(22)20-11-5-9-19(13-20)10-8-16(23-19)14-6-4-7-15(21)12-14/h4,6-7,12,16,21H,5,8-11,13H2,1-3H3/t16-,19+/m1/s1. The van der Waals surface area contributed by atoms with Crippen molar-refractivity contribution in [3.8, 4) is 5.75 Å². The Hall–Kier alpha value is -1.75. The number of carbonyl (C=O) groups is 1. The highest BCUT2D eigenvalue weighted by Gasteiger charge is 2.45. The van der Waals surface area contributed by atoms with Crippen molar-refractivity contribution in [1.29, 1.82) is 0 Å². The number of hydrogen-bond donors (Lipinski definition) is 1. The smallest absolute Gasteiger partial charge is 0.410 e. The number of phenols is 1. The highest BCUT2D eigenvalue weighted by atomic mass is 16.6. The molecule has 0 saturated carbocycles. The SMILES string of the molecule is CC(C)(C)OC(=O)N1CCC[C@]2(CC[C@H](c3cccc(O)c3)O2)C1. The summed E-state index contributed by atoms with van der Waals surface area (Å²) in [5.41, 5.74) is 0.231. The second-order valence-electron chi connectivity index (χ2n) is 7.93. The third-order valence-corrected chi connectivity index (χ3v) is 4.69. The summed E-state index contributed by atoms with van der Waals surface area (Å²) < 4.78 is 11.9. The maximum Gasteiger partial charge on any atom is 0.410 e. The minimum atomic E-state index is -0.484. The maximum atomic E-state index is 12.4. The van der Waals surface area contributed by atoms with Crippen molar-refractivity contribution in [2.75, 3.05) is 13.1 Å². The molecule has 1 spiro atoms. The molecule has 2 saturated heterocycles. The molecule has 3 rings (SSSR count). The lowest BCUT2D eigenvalue weighted by Crippen LogP contribution is -2.51. The van der Waals surface area contributed by atoms with Crippen LogP contribution in [-0.2, 0) is 9.47 Å². The highest BCUT2D eigenvalue weighted by molar-refractivity contribution is 5.68. The monoisotopic (exact) mass is 333 g/mol. The van der Waals surface area contributed by atoms with Gasteiger partial charge in [0, 0.05) is 6.54 Å². The van der Waals surface area contributed by atoms with E-state index in [9.17, 15) is 9.90 Å². The molecule has 2 aliphatic heterocycles. The van der Waals surface area contributed by atoms with Crippen LogP contribution in [0, 0.1) is 0 Å². The Labute approximate surface area is 143 Å². The maximum absolute atomic E-state index is 12.4. The predicted octanol–water partition coefficient (Wildman–Crippen LogP) is 4.01. The van der Waals surface area contributed by atoms with Crippen LogP contribution in [0.3, 0.4) is 0 Å². The molecule has 1 amide bonds. The van der Waals surface area contributed by atoms with Gasteiger partial charge >= 0.3 is 6.09 Å². The van der Waals surface area contributed by atoms with Gasteiger partial charge in [0.1, 0.15) is 11.4 Å². The molecule has 1 N–H and O–H groups in total. The van der Waals surface area contributed by atoms with E-state index in [1.165, 1.54) is 0 Å². The lowest BCUT2D eigenvalue weighted by molar-refractivity contribution is -0.0858. The molecule has 5 heteroatoms. The number of nitrogens with zero attached hydrogens (tertiary/aromatic N) is 1. The van der Waals surface area contributed by atoms with Gasteiger partial charge in [-0.25, -0.2) is 4.79 Å². The van der Waals surface area contributed by atoms with E-state index >= 15 is 0 Å². The predicted molar refractivity (Wildman–Crippen MR) is 90.9 cm³/mol. The van der Waals surface area contributed by atoms with E-state index < -0.39 is 5.60 Å². The summed E-state index contributed by atoms with van der Waals surface area (Å²) in [6.45, 7) is 6.95. The van der Waals surface area contributed by atoms with Crippen molar-refractivity contribution < 1.29 is 19.4 Å². The second kappa shape index (κ2) is 6.28. The first kappa shape index (κ1) is 17.1. The number of hydrogen-bond acceptors (Lipinski definition) is 4. The molecule has 24 heavy (non-hydrogen) atoms. The largest absolute Gasteiger partial charge is 0.508 e. The Bertz CT molecular complexity index is 610. The van der Waals surface area contributed by atoms with Gasteiger partial charge in [-0.3, -0.25) is 0 Å². The minimum absolute atomic E-state index is 0.0179. The van der Waals surface area contributed by atoms with Gasteiger partial charge in [-0.2, -0.15) is 0 Å². The molecule has 0 aliphatic carbocycles. The van der Waals surface area contributed by atoms with Crippen LogP contribution in [0.2, 0.25) is 0 Å². The molecule has 0 radical (unpaired) electrons. The number of likely N-dealkylation sites (tertiary alicyclic amines) is 1. The van der Waals surface area contributed by atoms with Crippen LogP contribution in [-0.4, -0.2) is 40.4 Å². The number of piperidine rings is 1. The van der Waals surface area contributed by atoms with E-state index in [4.69, 9.17) is 9.47 Å². The summed E-state index contributed by atoms with van der Waals surface area (Å²) in [5.74, 6) is 0.260. The first-order valence-corrected chi connectivity index (χ1v) is 8.71. The number of amides is 1. The number of phenolic OH excluding ortho intramolecular Hbond substituents is 1. The van der Waals surface area contributed by atoms with Crippen LogP contribution < -0.4 is 0 Å². The van der Waals surface area contributed by atoms with Crippen molar-refractivity contribution in [3.05, 3.63) is 29.8 Å². The average Bonchev–Trinajstić information content (AvgIpc) is 2.89. The average molecular weight is 333 g/mol. The number of benzene rings is 1. The summed E-state index contributed by atoms with van der Waals surface area (Å²) in [5, 5.41) is 9.67. The third kappa shape index (κ3) is 3.83. The van der Waals surface area contributed by atoms with E-state index in [1.807, 2.05) is 32.9 Å². The molecule has 132 valence electrons. The third-order valence-electron chi connectivity index (χ3n) is 4.69. The second-order valence-corrected chi connectivity index (χ2v) is 7.93. The van der Waals surface area contributed by atoms with Crippen LogP contribution in [0.15, 0.2) is 24.3 Å². The lowest BCUT2D eigenvalue weighted by Gasteiger charge is -2.40. The molecule has 2 heterocycles. The Kier molecular flexibility index (Phi) is 4.47. The molecular formula is C19H27NO4. The fourth-order valence-electron chi connectivity index (χ4n) is 3.65. The van der Waals surface area contributed by atoms with Crippen LogP contribution in [0.4, 0.5) is 4.79 Å². The van der Waals surface area contributed by atoms with Crippen LogP contribution in [0.1, 0.15) is 58.1 Å². The Morgan fingerprint density at radius 3 is 2.88 bits per heavy atom. The minimum Gasteiger partial charge on any atom is -0.508 e. The van der Waals surface area contributed by atoms with Crippen LogP contribution in [0.5, 0.6) is 5.75 Å². The van der Waals surface area contributed by atoms with Gasteiger partial charge in [0.05, 0.1) is 18.2 Å². The Morgan fingerprint density at radius 1 is 1.38 bits per heavy atom. The fraction of sp³-hybridized carbons (Fsp3) is 0.632. The topological polar surface area (TPSA) is 59.0 Å². The molecule has 1 aromatic carbocycles. The van der Waals surface area contributed by atoms with E-state index in [0.29, 0.717) is 6.54 Å². The normalized spacial score (nSPS) is 27.5. The summed E-state index contributed by atoms with van der Waals surface area (Å²) >= 11 is 0. The number of ether oxygens (including phenoxy) is 2. The van der Waals surface area contributed by atoms with Gasteiger partial charge in [0.25, 0.3) is 0 Å². The quantitative estimate of drug-likeness (QED) is 0.843. The molecule has 2 fully saturated rings. The zero-order chi connectivity index (χ0) is 17.4. The molecule has 0 aromatic heterocycles. The Balaban J connectivity index is 1.67. The molecule has 2 aliphatic rings. The lowest BCUT2D eigenvalue weighted by atomic mass is 9.90.